The number of hydrogen-bond acceptors (Lipinski definition) is 5. The van der Waals surface area contributed by atoms with Crippen LogP contribution in [0.4, 0.5) is 5.82 Å². The van der Waals surface area contributed by atoms with E-state index in [9.17, 15) is 4.79 Å². The molecule has 124 valence electrons. The lowest BCUT2D eigenvalue weighted by atomic mass is 10.2. The number of carbonyl (C=O) groups is 1. The minimum absolute atomic E-state index is 0.00416. The molecule has 7 heteroatoms. The van der Waals surface area contributed by atoms with Gasteiger partial charge < -0.3 is 14.8 Å². The molecule has 0 saturated carbocycles. The highest BCUT2D eigenvalue weighted by Crippen LogP contribution is 2.19. The maximum absolute atomic E-state index is 12.7. The first-order valence-corrected chi connectivity index (χ1v) is 8.09. The minimum Gasteiger partial charge on any atom is -0.351 e. The third-order valence-corrected chi connectivity index (χ3v) is 4.41. The van der Waals surface area contributed by atoms with Crippen molar-refractivity contribution >= 4 is 22.6 Å². The van der Waals surface area contributed by atoms with E-state index < -0.39 is 0 Å². The summed E-state index contributed by atoms with van der Waals surface area (Å²) in [6, 6.07) is 11.8. The van der Waals surface area contributed by atoms with E-state index in [0.717, 1.165) is 10.9 Å². The molecule has 0 aliphatic carbocycles. The van der Waals surface area contributed by atoms with E-state index in [1.54, 1.807) is 6.20 Å². The average Bonchev–Trinajstić information content (AvgIpc) is 3.12. The summed E-state index contributed by atoms with van der Waals surface area (Å²) >= 11 is 0. The molecular weight excluding hydrogens is 316 g/mol. The fraction of sp³-hybridized carbons (Fsp3) is 0.222. The molecule has 25 heavy (non-hydrogen) atoms. The van der Waals surface area contributed by atoms with Gasteiger partial charge in [-0.3, -0.25) is 4.79 Å². The van der Waals surface area contributed by atoms with E-state index in [4.69, 9.17) is 5.26 Å². The van der Waals surface area contributed by atoms with E-state index >= 15 is 0 Å². The molecule has 0 bridgehead atoms. The first kappa shape index (κ1) is 15.1. The molecule has 0 radical (unpaired) electrons. The van der Waals surface area contributed by atoms with Crippen LogP contribution >= 0.6 is 0 Å². The summed E-state index contributed by atoms with van der Waals surface area (Å²) < 4.78 is 0. The van der Waals surface area contributed by atoms with Gasteiger partial charge in [-0.15, -0.1) is 0 Å². The molecule has 3 aromatic rings. The topological polar surface area (TPSA) is 88.9 Å². The molecule has 7 nitrogen and oxygen atoms in total. The highest BCUT2D eigenvalue weighted by molar-refractivity contribution is 5.98. The van der Waals surface area contributed by atoms with Gasteiger partial charge in [0.05, 0.1) is 0 Å². The lowest BCUT2D eigenvalue weighted by molar-refractivity contribution is 0.0741. The van der Waals surface area contributed by atoms with Gasteiger partial charge in [0, 0.05) is 49.5 Å². The van der Waals surface area contributed by atoms with Crippen LogP contribution < -0.4 is 4.90 Å². The summed E-state index contributed by atoms with van der Waals surface area (Å²) in [6.45, 7) is 2.41. The lowest BCUT2D eigenvalue weighted by Gasteiger charge is -2.35. The second kappa shape index (κ2) is 6.24. The third kappa shape index (κ3) is 2.78. The number of aromatic amines is 1. The highest BCUT2D eigenvalue weighted by atomic mass is 16.2. The maximum Gasteiger partial charge on any atom is 0.270 e. The number of piperazine rings is 1. The maximum atomic E-state index is 12.7. The molecule has 0 unspecified atom stereocenters. The monoisotopic (exact) mass is 332 g/mol. The summed E-state index contributed by atoms with van der Waals surface area (Å²) in [5.41, 5.74) is 1.88. The van der Waals surface area contributed by atoms with Crippen molar-refractivity contribution in [3.05, 3.63) is 54.1 Å². The second-order valence-electron chi connectivity index (χ2n) is 5.89. The number of para-hydroxylation sites is 1. The Kier molecular flexibility index (Phi) is 3.78. The Hall–Kier alpha value is -3.40. The number of benzene rings is 1. The van der Waals surface area contributed by atoms with Crippen LogP contribution in [0.25, 0.3) is 10.9 Å². The molecule has 1 saturated heterocycles. The predicted octanol–water partition coefficient (Wildman–Crippen LogP) is 1.79. The van der Waals surface area contributed by atoms with Crippen molar-refractivity contribution in [2.45, 2.75) is 0 Å². The minimum atomic E-state index is -0.00416. The summed E-state index contributed by atoms with van der Waals surface area (Å²) in [5.74, 6) is 0.582. The molecule has 0 spiro atoms. The molecular formula is C18H16N6O. The number of hydrogen-bond donors (Lipinski definition) is 1. The van der Waals surface area contributed by atoms with Gasteiger partial charge in [0.15, 0.2) is 11.5 Å². The Bertz CT molecular complexity index is 932. The number of carbonyl (C=O) groups excluding carboxylic acids is 1. The Morgan fingerprint density at radius 1 is 1.12 bits per heavy atom. The van der Waals surface area contributed by atoms with Crippen molar-refractivity contribution in [1.82, 2.24) is 19.9 Å². The Morgan fingerprint density at radius 2 is 1.88 bits per heavy atom. The van der Waals surface area contributed by atoms with Crippen molar-refractivity contribution in [1.29, 1.82) is 5.26 Å². The average molecular weight is 332 g/mol. The van der Waals surface area contributed by atoms with Gasteiger partial charge in [-0.25, -0.2) is 9.97 Å². The molecule has 1 N–H and O–H groups in total. The first-order valence-electron chi connectivity index (χ1n) is 8.09. The largest absolute Gasteiger partial charge is 0.351 e. The molecule has 3 heterocycles. The number of nitriles is 1. The predicted molar refractivity (Wildman–Crippen MR) is 93.2 cm³/mol. The van der Waals surface area contributed by atoms with Crippen molar-refractivity contribution in [3.63, 3.8) is 0 Å². The Morgan fingerprint density at radius 3 is 2.64 bits per heavy atom. The van der Waals surface area contributed by atoms with Gasteiger partial charge in [-0.1, -0.05) is 18.2 Å². The molecule has 2 aromatic heterocycles. The van der Waals surface area contributed by atoms with Crippen LogP contribution in [0.3, 0.4) is 0 Å². The Labute approximate surface area is 144 Å². The number of nitrogens with zero attached hydrogens (tertiary/aromatic N) is 5. The van der Waals surface area contributed by atoms with Crippen LogP contribution in [0.2, 0.25) is 0 Å². The summed E-state index contributed by atoms with van der Waals surface area (Å²) in [5, 5.41) is 10.2. The lowest BCUT2D eigenvalue weighted by Crippen LogP contribution is -2.49. The normalized spacial score (nSPS) is 14.5. The van der Waals surface area contributed by atoms with Crippen LogP contribution in [0, 0.1) is 11.3 Å². The highest BCUT2D eigenvalue weighted by Gasteiger charge is 2.25. The van der Waals surface area contributed by atoms with Crippen LogP contribution in [0.1, 0.15) is 16.2 Å². The van der Waals surface area contributed by atoms with Gasteiger partial charge in [0.1, 0.15) is 11.8 Å². The number of anilines is 1. The van der Waals surface area contributed by atoms with E-state index in [1.807, 2.05) is 40.1 Å². The zero-order valence-electron chi connectivity index (χ0n) is 13.5. The molecule has 1 fully saturated rings. The number of fused-ring (bicyclic) bond motifs is 1. The van der Waals surface area contributed by atoms with Crippen molar-refractivity contribution in [3.8, 4) is 6.07 Å². The van der Waals surface area contributed by atoms with E-state index in [1.165, 1.54) is 6.20 Å². The number of aromatic nitrogens is 3. The molecule has 1 aromatic carbocycles. The fourth-order valence-electron chi connectivity index (χ4n) is 3.12. The SMILES string of the molecule is N#Cc1nccnc1N1CCN(C(=O)c2cc3ccccc3[nH]2)CC1. The quantitative estimate of drug-likeness (QED) is 0.773. The van der Waals surface area contributed by atoms with Gasteiger partial charge in [0.2, 0.25) is 0 Å². The third-order valence-electron chi connectivity index (χ3n) is 4.41. The second-order valence-corrected chi connectivity index (χ2v) is 5.89. The van der Waals surface area contributed by atoms with Crippen LogP contribution in [0.5, 0.6) is 0 Å². The van der Waals surface area contributed by atoms with E-state index in [2.05, 4.69) is 21.0 Å². The molecule has 1 amide bonds. The van der Waals surface area contributed by atoms with Gasteiger partial charge >= 0.3 is 0 Å². The summed E-state index contributed by atoms with van der Waals surface area (Å²) in [7, 11) is 0. The zero-order chi connectivity index (χ0) is 17.2. The van der Waals surface area contributed by atoms with Gasteiger partial charge in [0.25, 0.3) is 5.91 Å². The number of nitrogens with one attached hydrogen (secondary N) is 1. The van der Waals surface area contributed by atoms with Crippen LogP contribution in [-0.4, -0.2) is 51.9 Å². The van der Waals surface area contributed by atoms with Crippen LogP contribution in [0.15, 0.2) is 42.7 Å². The summed E-state index contributed by atoms with van der Waals surface area (Å²) in [6.07, 6.45) is 3.09. The van der Waals surface area contributed by atoms with Crippen molar-refractivity contribution in [2.75, 3.05) is 31.1 Å². The molecule has 1 aliphatic heterocycles. The number of H-pyrrole nitrogens is 1. The van der Waals surface area contributed by atoms with Gasteiger partial charge in [-0.2, -0.15) is 5.26 Å². The van der Waals surface area contributed by atoms with E-state index in [0.29, 0.717) is 43.4 Å². The van der Waals surface area contributed by atoms with Gasteiger partial charge in [-0.05, 0) is 12.1 Å². The zero-order valence-corrected chi connectivity index (χ0v) is 13.5. The molecule has 1 aliphatic rings. The number of rotatable bonds is 2. The fourth-order valence-corrected chi connectivity index (χ4v) is 3.12. The van der Waals surface area contributed by atoms with E-state index in [-0.39, 0.29) is 5.91 Å². The van der Waals surface area contributed by atoms with Crippen molar-refractivity contribution < 1.29 is 4.79 Å². The number of amides is 1. The molecule has 0 atom stereocenters. The summed E-state index contributed by atoms with van der Waals surface area (Å²) in [4.78, 5) is 28.0. The smallest absolute Gasteiger partial charge is 0.270 e. The van der Waals surface area contributed by atoms with Crippen molar-refractivity contribution in [2.24, 2.45) is 0 Å². The first-order chi connectivity index (χ1) is 12.3. The van der Waals surface area contributed by atoms with Crippen LogP contribution in [-0.2, 0) is 0 Å². The standard InChI is InChI=1S/C18H16N6O/c19-12-16-17(21-6-5-20-16)23-7-9-24(10-8-23)18(25)15-11-13-3-1-2-4-14(13)22-15/h1-6,11,22H,7-10H2. The molecule has 4 rings (SSSR count). The Balaban J connectivity index is 1.48.